The number of halogens is 2. The number of nitrogens with two attached hydrogens (primary N) is 2. The number of aliphatic hydroxyl groups excluding tert-OH is 1. The van der Waals surface area contributed by atoms with E-state index in [2.05, 4.69) is 15.6 Å². The lowest BCUT2D eigenvalue weighted by molar-refractivity contribution is -0.144. The van der Waals surface area contributed by atoms with Crippen LogP contribution in [0.1, 0.15) is 88.2 Å². The second kappa shape index (κ2) is 19.7. The van der Waals surface area contributed by atoms with Crippen LogP contribution in [0.5, 0.6) is 5.75 Å². The van der Waals surface area contributed by atoms with Crippen LogP contribution < -0.4 is 26.8 Å². The maximum atomic E-state index is 14.1. The Kier molecular flexibility index (Phi) is 16.3. The highest BCUT2D eigenvalue weighted by atomic mass is 35.5. The molecule has 12 nitrogen and oxygen atoms in total. The number of amides is 4. The minimum absolute atomic E-state index is 0. The van der Waals surface area contributed by atoms with E-state index in [1.807, 2.05) is 83.5 Å². The van der Waals surface area contributed by atoms with Gasteiger partial charge in [-0.25, -0.2) is 4.98 Å². The topological polar surface area (TPSA) is 190 Å². The molecule has 4 rings (SSSR count). The molecule has 0 spiro atoms. The number of rotatable bonds is 16. The number of aryl methyl sites for hydroxylation is 3. The first kappa shape index (κ1) is 44.6. The van der Waals surface area contributed by atoms with Crippen LogP contribution in [0.25, 0.3) is 10.4 Å². The fraction of sp³-hybridized carbons (Fsp3) is 0.513. The molecular formula is C39H54Cl2N6O6S. The molecule has 15 heteroatoms. The molecule has 296 valence electrons. The van der Waals surface area contributed by atoms with Gasteiger partial charge in [0.2, 0.25) is 23.6 Å². The molecule has 4 amide bonds. The Bertz CT molecular complexity index is 1760. The molecule has 3 unspecified atom stereocenters. The number of nitrogens with zero attached hydrogens (tertiary/aromatic N) is 2. The summed E-state index contributed by atoms with van der Waals surface area (Å²) in [7, 11) is 0. The fourth-order valence-corrected chi connectivity index (χ4v) is 7.46. The van der Waals surface area contributed by atoms with Gasteiger partial charge in [-0.05, 0) is 73.8 Å². The summed E-state index contributed by atoms with van der Waals surface area (Å²) in [6, 6.07) is 9.12. The Labute approximate surface area is 333 Å². The van der Waals surface area contributed by atoms with Crippen molar-refractivity contribution in [3.05, 3.63) is 69.3 Å². The summed E-state index contributed by atoms with van der Waals surface area (Å²) >= 11 is 8.24. The number of carbonyl (C=O) groups is 4. The number of likely N-dealkylation sites (tertiary alicyclic amines) is 1. The van der Waals surface area contributed by atoms with E-state index in [0.29, 0.717) is 30.0 Å². The van der Waals surface area contributed by atoms with Gasteiger partial charge in [0.1, 0.15) is 24.4 Å². The summed E-state index contributed by atoms with van der Waals surface area (Å²) in [6.45, 7) is 11.5. The number of aromatic nitrogens is 1. The van der Waals surface area contributed by atoms with E-state index < -0.39 is 35.4 Å². The molecule has 1 aliphatic rings. The van der Waals surface area contributed by atoms with Gasteiger partial charge >= 0.3 is 0 Å². The third kappa shape index (κ3) is 12.1. The van der Waals surface area contributed by atoms with Crippen molar-refractivity contribution in [2.45, 2.75) is 110 Å². The minimum Gasteiger partial charge on any atom is -0.490 e. The zero-order valence-corrected chi connectivity index (χ0v) is 34.2. The molecule has 3 aromatic rings. The van der Waals surface area contributed by atoms with Crippen molar-refractivity contribution in [2.24, 2.45) is 16.9 Å². The van der Waals surface area contributed by atoms with E-state index >= 15 is 0 Å². The number of β-amino-alcohol motifs (C(OH)–C–C–N with tert-alkyl or cyclic N) is 1. The van der Waals surface area contributed by atoms with Crippen LogP contribution in [-0.2, 0) is 25.6 Å². The number of thiazole rings is 1. The zero-order valence-electron chi connectivity index (χ0n) is 31.8. The SMILES string of the molecule is Cc1cc(CCCC(=O)NC(C(=O)N2C[C@H](O)C[C@H]2C(=O)NC(C)c2ccc(-c3scnc3C)cc2)C(C)(C)C)c(Cl)c(OCC(N)CCC(N)=O)c1.Cl. The highest BCUT2D eigenvalue weighted by Gasteiger charge is 2.44. The number of aliphatic hydroxyl groups is 1. The highest BCUT2D eigenvalue weighted by molar-refractivity contribution is 7.13. The normalized spacial score (nSPS) is 17.2. The lowest BCUT2D eigenvalue weighted by Crippen LogP contribution is -2.57. The van der Waals surface area contributed by atoms with Gasteiger partial charge in [0.15, 0.2) is 0 Å². The predicted molar refractivity (Wildman–Crippen MR) is 215 cm³/mol. The van der Waals surface area contributed by atoms with E-state index in [-0.39, 0.29) is 68.7 Å². The first-order valence-corrected chi connectivity index (χ1v) is 19.2. The number of hydrogen-bond donors (Lipinski definition) is 5. The van der Waals surface area contributed by atoms with Crippen molar-refractivity contribution in [3.63, 3.8) is 0 Å². The van der Waals surface area contributed by atoms with Gasteiger partial charge in [-0.2, -0.15) is 0 Å². The number of nitrogens with one attached hydrogen (secondary N) is 2. The minimum atomic E-state index is -0.933. The molecule has 1 fully saturated rings. The predicted octanol–water partition coefficient (Wildman–Crippen LogP) is 5.17. The largest absolute Gasteiger partial charge is 0.490 e. The van der Waals surface area contributed by atoms with Crippen LogP contribution in [0.15, 0.2) is 41.9 Å². The molecule has 1 aromatic heterocycles. The Morgan fingerprint density at radius 1 is 1.11 bits per heavy atom. The van der Waals surface area contributed by atoms with Crippen molar-refractivity contribution in [2.75, 3.05) is 13.2 Å². The summed E-state index contributed by atoms with van der Waals surface area (Å²) in [6.07, 6.45) is 0.855. The van der Waals surface area contributed by atoms with Crippen molar-refractivity contribution in [1.82, 2.24) is 20.5 Å². The van der Waals surface area contributed by atoms with E-state index in [4.69, 9.17) is 27.8 Å². The zero-order chi connectivity index (χ0) is 39.0. The molecular weight excluding hydrogens is 751 g/mol. The first-order chi connectivity index (χ1) is 24.9. The van der Waals surface area contributed by atoms with Crippen LogP contribution >= 0.6 is 35.3 Å². The Morgan fingerprint density at radius 3 is 2.41 bits per heavy atom. The van der Waals surface area contributed by atoms with Crippen LogP contribution in [0.4, 0.5) is 0 Å². The van der Waals surface area contributed by atoms with Crippen molar-refractivity contribution >= 4 is 59.0 Å². The van der Waals surface area contributed by atoms with Gasteiger partial charge in [0.05, 0.1) is 33.3 Å². The molecule has 7 N–H and O–H groups in total. The number of carbonyl (C=O) groups excluding carboxylic acids is 4. The highest BCUT2D eigenvalue weighted by Crippen LogP contribution is 2.32. The lowest BCUT2D eigenvalue weighted by Gasteiger charge is -2.35. The van der Waals surface area contributed by atoms with Crippen molar-refractivity contribution in [1.29, 1.82) is 0 Å². The maximum Gasteiger partial charge on any atom is 0.246 e. The van der Waals surface area contributed by atoms with E-state index in [0.717, 1.165) is 32.8 Å². The van der Waals surface area contributed by atoms with Crippen LogP contribution in [0.2, 0.25) is 5.02 Å². The lowest BCUT2D eigenvalue weighted by atomic mass is 9.85. The van der Waals surface area contributed by atoms with Crippen LogP contribution in [0.3, 0.4) is 0 Å². The second-order valence-corrected chi connectivity index (χ2v) is 16.3. The molecule has 2 aromatic carbocycles. The van der Waals surface area contributed by atoms with Gasteiger partial charge in [0.25, 0.3) is 0 Å². The summed E-state index contributed by atoms with van der Waals surface area (Å²) in [5, 5.41) is 17.0. The summed E-state index contributed by atoms with van der Waals surface area (Å²) in [5.74, 6) is -1.05. The monoisotopic (exact) mass is 804 g/mol. The van der Waals surface area contributed by atoms with E-state index in [1.54, 1.807) is 11.3 Å². The van der Waals surface area contributed by atoms with E-state index in [1.165, 1.54) is 4.90 Å². The average Bonchev–Trinajstić information content (AvgIpc) is 3.71. The summed E-state index contributed by atoms with van der Waals surface area (Å²) < 4.78 is 5.86. The van der Waals surface area contributed by atoms with Crippen molar-refractivity contribution in [3.8, 4) is 16.2 Å². The van der Waals surface area contributed by atoms with Crippen molar-refractivity contribution < 1.29 is 29.0 Å². The standard InChI is InChI=1S/C39H53ClN6O6S.ClH/c1-22-16-27(34(40)31(17-22)52-20-28(41)14-15-32(42)48)8-7-9-33(49)45-36(39(4,5)6)38(51)46-19-29(47)18-30(46)37(50)44-23(2)25-10-12-26(13-11-25)35-24(3)43-21-53-35;/h10-13,16-17,21,23,28-30,36,47H,7-9,14-15,18-20,41H2,1-6H3,(H2,42,48)(H,44,50)(H,45,49);1H/t23?,28?,29-,30+,36?;/m1./s1. The molecule has 0 radical (unpaired) electrons. The average molecular weight is 806 g/mol. The Balaban J connectivity index is 0.00000784. The van der Waals surface area contributed by atoms with Gasteiger partial charge in [-0.15, -0.1) is 23.7 Å². The van der Waals surface area contributed by atoms with Gasteiger partial charge in [-0.3, -0.25) is 19.2 Å². The third-order valence-electron chi connectivity index (χ3n) is 9.38. The first-order valence-electron chi connectivity index (χ1n) is 18.0. The molecule has 54 heavy (non-hydrogen) atoms. The summed E-state index contributed by atoms with van der Waals surface area (Å²) in [5.41, 5.74) is 17.0. The second-order valence-electron chi connectivity index (χ2n) is 15.0. The Hall–Kier alpha value is -3.75. The number of hydrogen-bond acceptors (Lipinski definition) is 9. The number of primary amides is 1. The molecule has 5 atom stereocenters. The van der Waals surface area contributed by atoms with Gasteiger partial charge in [0, 0.05) is 31.8 Å². The van der Waals surface area contributed by atoms with E-state index in [9.17, 15) is 24.3 Å². The quantitative estimate of drug-likeness (QED) is 0.131. The third-order valence-corrected chi connectivity index (χ3v) is 10.8. The molecule has 0 aliphatic carbocycles. The number of ether oxygens (including phenoxy) is 1. The van der Waals surface area contributed by atoms with Gasteiger partial charge < -0.3 is 36.8 Å². The molecule has 0 bridgehead atoms. The number of benzene rings is 2. The molecule has 2 heterocycles. The molecule has 1 aliphatic heterocycles. The van der Waals surface area contributed by atoms with Crippen LogP contribution in [0, 0.1) is 19.3 Å². The Morgan fingerprint density at radius 2 is 1.80 bits per heavy atom. The maximum absolute atomic E-state index is 14.1. The summed E-state index contributed by atoms with van der Waals surface area (Å²) in [4.78, 5) is 58.9. The fourth-order valence-electron chi connectivity index (χ4n) is 6.39. The van der Waals surface area contributed by atoms with Crippen LogP contribution in [-0.4, -0.2) is 76.0 Å². The van der Waals surface area contributed by atoms with Gasteiger partial charge in [-0.1, -0.05) is 62.7 Å². The smallest absolute Gasteiger partial charge is 0.246 e. The molecule has 0 saturated carbocycles. The molecule has 1 saturated heterocycles.